The predicted molar refractivity (Wildman–Crippen MR) is 18.6 cm³/mol. The summed E-state index contributed by atoms with van der Waals surface area (Å²) in [5, 5.41) is 0. The molecule has 0 aliphatic heterocycles. The van der Waals surface area contributed by atoms with Gasteiger partial charge in [0, 0.05) is 0 Å². The van der Waals surface area contributed by atoms with E-state index >= 15 is 0 Å². The van der Waals surface area contributed by atoms with E-state index < -0.39 is 0 Å². The van der Waals surface area contributed by atoms with Crippen molar-refractivity contribution in [3.63, 3.8) is 0 Å². The third kappa shape index (κ3) is 83.3. The second-order valence-electron chi connectivity index (χ2n) is 0. The van der Waals surface area contributed by atoms with Gasteiger partial charge in [-0.2, -0.15) is 0 Å². The van der Waals surface area contributed by atoms with Crippen LogP contribution in [0.4, 0.5) is 0 Å². The summed E-state index contributed by atoms with van der Waals surface area (Å²) in [7, 11) is 2.03. The van der Waals surface area contributed by atoms with Crippen molar-refractivity contribution in [2.24, 2.45) is 0 Å². The largest absolute Gasteiger partial charge is 0.442 e. The van der Waals surface area contributed by atoms with Crippen LogP contribution < -0.4 is 0 Å². The summed E-state index contributed by atoms with van der Waals surface area (Å²) in [6, 6.07) is 0. The lowest BCUT2D eigenvalue weighted by Crippen LogP contribution is -1.34. The fourth-order valence-electron chi connectivity index (χ4n) is 0. The van der Waals surface area contributed by atoms with Crippen LogP contribution in [0.2, 0.25) is 0 Å². The maximum absolute atomic E-state index is 8.06. The van der Waals surface area contributed by atoms with E-state index in [2.05, 4.69) is 0 Å². The molecule has 0 rings (SSSR count). The lowest BCUT2D eigenvalue weighted by Gasteiger charge is -1.19. The summed E-state index contributed by atoms with van der Waals surface area (Å²) in [5.41, 5.74) is 0. The van der Waals surface area contributed by atoms with E-state index in [1.165, 1.54) is 0 Å². The van der Waals surface area contributed by atoms with Crippen LogP contribution in [0, 0.1) is 0 Å². The maximum atomic E-state index is 8.06. The Labute approximate surface area is 30.9 Å². The molecule has 2 radical (unpaired) electrons. The summed E-state index contributed by atoms with van der Waals surface area (Å²) in [6.07, 6.45) is 0. The number of hydrogen-bond donors (Lipinski definition) is 1. The molecule has 2 nitrogen and oxygen atoms in total. The minimum absolute atomic E-state index is 0.306. The molecule has 24 valence electrons. The van der Waals surface area contributed by atoms with Gasteiger partial charge in [0.15, 0.2) is 0 Å². The maximum Gasteiger partial charge on any atom is 0.381 e. The van der Waals surface area contributed by atoms with Crippen LogP contribution in [0.1, 0.15) is 0 Å². The highest BCUT2D eigenvalue weighted by Crippen LogP contribution is 0.666. The highest BCUT2D eigenvalue weighted by molar-refractivity contribution is 5.95. The molecular weight excluding hydrogens is 88.2 g/mol. The molecule has 0 spiro atoms. The Hall–Kier alpha value is 0.194. The van der Waals surface area contributed by atoms with Gasteiger partial charge in [-0.1, -0.05) is 0 Å². The third-order valence-corrected chi connectivity index (χ3v) is 0. The van der Waals surface area contributed by atoms with Crippen molar-refractivity contribution in [2.45, 2.75) is 0 Å². The Morgan fingerprint density at radius 2 is 1.50 bits per heavy atom. The van der Waals surface area contributed by atoms with Gasteiger partial charge in [-0.25, -0.2) is 0 Å². The summed E-state index contributed by atoms with van der Waals surface area (Å²) >= 11 is 0. The van der Waals surface area contributed by atoms with Crippen molar-refractivity contribution in [2.75, 3.05) is 0 Å². The first-order valence-electron chi connectivity index (χ1n) is 0.651. The lowest BCUT2D eigenvalue weighted by molar-refractivity contribution is 0.590. The minimum Gasteiger partial charge on any atom is -0.442 e. The lowest BCUT2D eigenvalue weighted by atomic mass is 15.9. The van der Waals surface area contributed by atoms with Gasteiger partial charge in [-0.05, 0) is 0 Å². The van der Waals surface area contributed by atoms with Gasteiger partial charge in [0.2, 0.25) is 0 Å². The molecule has 0 aromatic carbocycles. The van der Waals surface area contributed by atoms with E-state index in [1.54, 1.807) is 10.1 Å². The second kappa shape index (κ2) is 409. The molecule has 0 saturated carbocycles. The standard InChI is InChI=1S/H4OSi.OSi/c2*1-2/h1H,2H3;. The van der Waals surface area contributed by atoms with E-state index in [-0.39, 0.29) is 0 Å². The highest BCUT2D eigenvalue weighted by Gasteiger charge is 0.891. The van der Waals surface area contributed by atoms with Crippen molar-refractivity contribution < 1.29 is 9.26 Å². The molecule has 4 heteroatoms. The predicted octanol–water partition coefficient (Wildman–Crippen LogP) is -2.24. The fraction of sp³-hybridized carbons (Fsp3) is 0. The van der Waals surface area contributed by atoms with E-state index in [0.29, 0.717) is 10.5 Å². The van der Waals surface area contributed by atoms with Gasteiger partial charge in [0.1, 0.15) is 10.5 Å². The van der Waals surface area contributed by atoms with Gasteiger partial charge in [0.05, 0.1) is 0 Å². The van der Waals surface area contributed by atoms with E-state index in [0.717, 1.165) is 0 Å². The molecule has 0 aromatic heterocycles. The minimum atomic E-state index is 0.306. The first-order valence-corrected chi connectivity index (χ1v) is 1.95. The van der Waals surface area contributed by atoms with Crippen LogP contribution in [0.5, 0.6) is 0 Å². The molecule has 0 bridgehead atoms. The van der Waals surface area contributed by atoms with Gasteiger partial charge in [0.25, 0.3) is 0 Å². The molecule has 0 fully saturated rings. The van der Waals surface area contributed by atoms with Crippen LogP contribution in [-0.2, 0) is 4.46 Å². The molecule has 0 aromatic rings. The molecule has 0 heterocycles. The number of rotatable bonds is 0. The van der Waals surface area contributed by atoms with Gasteiger partial charge >= 0.3 is 10.1 Å². The first-order chi connectivity index (χ1) is 2.00. The van der Waals surface area contributed by atoms with Crippen molar-refractivity contribution in [3.05, 3.63) is 0 Å². The average molecular weight is 92.2 g/mol. The number of hydrogen-bond acceptors (Lipinski definition) is 2. The quantitative estimate of drug-likeness (QED) is 0.343. The summed E-state index contributed by atoms with van der Waals surface area (Å²) in [6.45, 7) is 0. The fourth-order valence-corrected chi connectivity index (χ4v) is 0. The Bertz CT molecular complexity index is 4.00. The molecule has 0 unspecified atom stereocenters. The zero-order chi connectivity index (χ0) is 4.00. The first kappa shape index (κ1) is 8.89. The second-order valence-corrected chi connectivity index (χ2v) is 0. The Morgan fingerprint density at radius 1 is 1.50 bits per heavy atom. The third-order valence-electron chi connectivity index (χ3n) is 0. The molecule has 0 atom stereocenters. The Kier molecular flexibility index (Phi) is 910. The normalized spacial score (nSPS) is 3.25. The Morgan fingerprint density at radius 3 is 1.50 bits per heavy atom. The Balaban J connectivity index is 0. The monoisotopic (exact) mass is 92.0 g/mol. The molecule has 0 aliphatic rings. The van der Waals surface area contributed by atoms with Gasteiger partial charge < -0.3 is 9.26 Å². The van der Waals surface area contributed by atoms with Crippen molar-refractivity contribution >= 4 is 20.6 Å². The van der Waals surface area contributed by atoms with E-state index in [9.17, 15) is 0 Å². The van der Waals surface area contributed by atoms with Crippen molar-refractivity contribution in [1.29, 1.82) is 0 Å². The van der Waals surface area contributed by atoms with E-state index in [4.69, 9.17) is 9.26 Å². The van der Waals surface area contributed by atoms with Crippen molar-refractivity contribution in [3.8, 4) is 0 Å². The molecule has 1 N–H and O–H groups in total. The topological polar surface area (TPSA) is 37.3 Å². The molecular formula is H4O2Si2. The SMILES string of the molecule is O=[Si].O[SiH3]. The summed E-state index contributed by atoms with van der Waals surface area (Å²) < 4.78 is 8.06. The smallest absolute Gasteiger partial charge is 0.381 e. The highest BCUT2D eigenvalue weighted by atomic mass is 28.2. The molecule has 0 amide bonds. The van der Waals surface area contributed by atoms with Crippen LogP contribution >= 0.6 is 0 Å². The average Bonchev–Trinajstić information content (AvgIpc) is 1.50. The van der Waals surface area contributed by atoms with Crippen LogP contribution in [0.15, 0.2) is 0 Å². The molecule has 0 saturated heterocycles. The van der Waals surface area contributed by atoms with Gasteiger partial charge in [-0.3, -0.25) is 0 Å². The molecule has 4 heavy (non-hydrogen) atoms. The summed E-state index contributed by atoms with van der Waals surface area (Å²) in [5.74, 6) is 0. The van der Waals surface area contributed by atoms with Crippen molar-refractivity contribution in [1.82, 2.24) is 0 Å². The van der Waals surface area contributed by atoms with Crippen LogP contribution in [0.25, 0.3) is 0 Å². The van der Waals surface area contributed by atoms with Crippen LogP contribution in [0.3, 0.4) is 0 Å². The van der Waals surface area contributed by atoms with Crippen LogP contribution in [-0.4, -0.2) is 25.4 Å². The zero-order valence-electron chi connectivity index (χ0n) is 2.36. The molecule has 0 aliphatic carbocycles. The van der Waals surface area contributed by atoms with Gasteiger partial charge in [-0.15, -0.1) is 0 Å². The van der Waals surface area contributed by atoms with E-state index in [1.807, 2.05) is 0 Å². The summed E-state index contributed by atoms with van der Waals surface area (Å²) in [4.78, 5) is 7.14. The zero-order valence-corrected chi connectivity index (χ0v) is 5.36.